The second-order valence-electron chi connectivity index (χ2n) is 3.74. The van der Waals surface area contributed by atoms with Gasteiger partial charge >= 0.3 is 0 Å². The molecular weight excluding hydrogens is 204 g/mol. The maximum Gasteiger partial charge on any atom is 0.119 e. The van der Waals surface area contributed by atoms with Crippen molar-refractivity contribution < 1.29 is 14.6 Å². The van der Waals surface area contributed by atoms with Crippen molar-refractivity contribution in [2.45, 2.75) is 32.8 Å². The SMILES string of the molecule is CCOc1ccc(OCCCC(C)O)cc1. The van der Waals surface area contributed by atoms with Crippen molar-refractivity contribution in [2.75, 3.05) is 13.2 Å². The zero-order valence-electron chi connectivity index (χ0n) is 9.98. The predicted octanol–water partition coefficient (Wildman–Crippen LogP) is 2.63. The van der Waals surface area contributed by atoms with E-state index in [0.29, 0.717) is 13.2 Å². The zero-order chi connectivity index (χ0) is 11.8. The minimum absolute atomic E-state index is 0.246. The van der Waals surface area contributed by atoms with Gasteiger partial charge in [0.2, 0.25) is 0 Å². The maximum atomic E-state index is 9.07. The van der Waals surface area contributed by atoms with Crippen molar-refractivity contribution >= 4 is 0 Å². The highest BCUT2D eigenvalue weighted by Gasteiger charge is 1.98. The lowest BCUT2D eigenvalue weighted by atomic mass is 10.2. The number of hydrogen-bond donors (Lipinski definition) is 1. The van der Waals surface area contributed by atoms with Crippen molar-refractivity contribution in [3.8, 4) is 11.5 Å². The van der Waals surface area contributed by atoms with Crippen LogP contribution in [0.5, 0.6) is 11.5 Å². The molecule has 3 heteroatoms. The van der Waals surface area contributed by atoms with Gasteiger partial charge in [0, 0.05) is 0 Å². The van der Waals surface area contributed by atoms with Gasteiger partial charge < -0.3 is 14.6 Å². The molecule has 0 bridgehead atoms. The third-order valence-corrected chi connectivity index (χ3v) is 2.17. The predicted molar refractivity (Wildman–Crippen MR) is 64.0 cm³/mol. The maximum absolute atomic E-state index is 9.07. The average Bonchev–Trinajstić information content (AvgIpc) is 2.27. The molecule has 0 aliphatic rings. The summed E-state index contributed by atoms with van der Waals surface area (Å²) in [5.74, 6) is 1.70. The van der Waals surface area contributed by atoms with Crippen LogP contribution >= 0.6 is 0 Å². The average molecular weight is 224 g/mol. The van der Waals surface area contributed by atoms with Gasteiger partial charge in [-0.05, 0) is 51.0 Å². The lowest BCUT2D eigenvalue weighted by Crippen LogP contribution is -2.04. The fourth-order valence-electron chi connectivity index (χ4n) is 1.37. The molecule has 0 heterocycles. The summed E-state index contributed by atoms with van der Waals surface area (Å²) in [4.78, 5) is 0. The molecule has 0 aromatic heterocycles. The van der Waals surface area contributed by atoms with Gasteiger partial charge in [0.1, 0.15) is 11.5 Å². The molecule has 0 aliphatic heterocycles. The molecule has 0 aliphatic carbocycles. The Bertz CT molecular complexity index is 280. The van der Waals surface area contributed by atoms with Crippen molar-refractivity contribution in [1.29, 1.82) is 0 Å². The van der Waals surface area contributed by atoms with Crippen LogP contribution in [0.1, 0.15) is 26.7 Å². The van der Waals surface area contributed by atoms with Crippen molar-refractivity contribution in [1.82, 2.24) is 0 Å². The number of aliphatic hydroxyl groups excluding tert-OH is 1. The fourth-order valence-corrected chi connectivity index (χ4v) is 1.37. The summed E-state index contributed by atoms with van der Waals surface area (Å²) in [5, 5.41) is 9.07. The van der Waals surface area contributed by atoms with Crippen LogP contribution in [0, 0.1) is 0 Å². The van der Waals surface area contributed by atoms with Crippen molar-refractivity contribution in [3.05, 3.63) is 24.3 Å². The van der Waals surface area contributed by atoms with E-state index in [1.54, 1.807) is 6.92 Å². The molecule has 1 N–H and O–H groups in total. The molecule has 0 fully saturated rings. The summed E-state index contributed by atoms with van der Waals surface area (Å²) < 4.78 is 10.9. The molecule has 1 atom stereocenters. The molecule has 1 aromatic rings. The van der Waals surface area contributed by atoms with E-state index in [1.165, 1.54) is 0 Å². The number of aliphatic hydroxyl groups is 1. The molecule has 1 aromatic carbocycles. The van der Waals surface area contributed by atoms with E-state index < -0.39 is 0 Å². The Balaban J connectivity index is 2.26. The molecule has 0 amide bonds. The molecule has 16 heavy (non-hydrogen) atoms. The number of rotatable bonds is 7. The molecule has 90 valence electrons. The van der Waals surface area contributed by atoms with Crippen LogP contribution in [0.2, 0.25) is 0 Å². The molecule has 1 rings (SSSR count). The highest BCUT2D eigenvalue weighted by molar-refractivity contribution is 5.31. The molecule has 0 radical (unpaired) electrons. The topological polar surface area (TPSA) is 38.7 Å². The lowest BCUT2D eigenvalue weighted by Gasteiger charge is -2.08. The van der Waals surface area contributed by atoms with Crippen molar-refractivity contribution in [2.24, 2.45) is 0 Å². The highest BCUT2D eigenvalue weighted by Crippen LogP contribution is 2.17. The molecule has 0 saturated carbocycles. The first-order valence-electron chi connectivity index (χ1n) is 5.76. The van der Waals surface area contributed by atoms with Gasteiger partial charge in [-0.1, -0.05) is 0 Å². The molecule has 0 spiro atoms. The van der Waals surface area contributed by atoms with E-state index in [-0.39, 0.29) is 6.10 Å². The number of ether oxygens (including phenoxy) is 2. The standard InChI is InChI=1S/C13H20O3/c1-3-15-12-6-8-13(9-7-12)16-10-4-5-11(2)14/h6-9,11,14H,3-5,10H2,1-2H3. The molecular formula is C13H20O3. The third kappa shape index (κ3) is 5.03. The number of hydrogen-bond acceptors (Lipinski definition) is 3. The van der Waals surface area contributed by atoms with Gasteiger partial charge in [-0.3, -0.25) is 0 Å². The van der Waals surface area contributed by atoms with Crippen LogP contribution in [0.25, 0.3) is 0 Å². The van der Waals surface area contributed by atoms with Gasteiger partial charge in [0.25, 0.3) is 0 Å². The quantitative estimate of drug-likeness (QED) is 0.724. The summed E-state index contributed by atoms with van der Waals surface area (Å²) in [6.45, 7) is 5.06. The molecule has 1 unspecified atom stereocenters. The van der Waals surface area contributed by atoms with E-state index in [2.05, 4.69) is 0 Å². The second-order valence-corrected chi connectivity index (χ2v) is 3.74. The summed E-state index contributed by atoms with van der Waals surface area (Å²) in [6, 6.07) is 7.59. The first-order valence-corrected chi connectivity index (χ1v) is 5.76. The van der Waals surface area contributed by atoms with Gasteiger partial charge in [-0.2, -0.15) is 0 Å². The van der Waals surface area contributed by atoms with E-state index >= 15 is 0 Å². The van der Waals surface area contributed by atoms with Crippen LogP contribution in [0.4, 0.5) is 0 Å². The van der Waals surface area contributed by atoms with Crippen LogP contribution < -0.4 is 9.47 Å². The Morgan fingerprint density at radius 1 is 1.12 bits per heavy atom. The monoisotopic (exact) mass is 224 g/mol. The van der Waals surface area contributed by atoms with Gasteiger partial charge in [0.15, 0.2) is 0 Å². The first kappa shape index (κ1) is 12.8. The summed E-state index contributed by atoms with van der Waals surface area (Å²) in [6.07, 6.45) is 1.39. The fraction of sp³-hybridized carbons (Fsp3) is 0.538. The summed E-state index contributed by atoms with van der Waals surface area (Å²) in [5.41, 5.74) is 0. The lowest BCUT2D eigenvalue weighted by molar-refractivity contribution is 0.170. The largest absolute Gasteiger partial charge is 0.494 e. The van der Waals surface area contributed by atoms with Crippen LogP contribution in [-0.4, -0.2) is 24.4 Å². The van der Waals surface area contributed by atoms with Crippen molar-refractivity contribution in [3.63, 3.8) is 0 Å². The minimum atomic E-state index is -0.246. The summed E-state index contributed by atoms with van der Waals surface area (Å²) >= 11 is 0. The number of benzene rings is 1. The van der Waals surface area contributed by atoms with Crippen LogP contribution in [0.3, 0.4) is 0 Å². The van der Waals surface area contributed by atoms with Gasteiger partial charge in [-0.25, -0.2) is 0 Å². The first-order chi connectivity index (χ1) is 7.72. The highest BCUT2D eigenvalue weighted by atomic mass is 16.5. The second kappa shape index (κ2) is 7.12. The van der Waals surface area contributed by atoms with Crippen LogP contribution in [0.15, 0.2) is 24.3 Å². The smallest absolute Gasteiger partial charge is 0.119 e. The van der Waals surface area contributed by atoms with E-state index in [4.69, 9.17) is 14.6 Å². The zero-order valence-corrected chi connectivity index (χ0v) is 9.98. The van der Waals surface area contributed by atoms with E-state index in [0.717, 1.165) is 24.3 Å². The Morgan fingerprint density at radius 2 is 1.69 bits per heavy atom. The Morgan fingerprint density at radius 3 is 2.19 bits per heavy atom. The molecule has 0 saturated heterocycles. The molecule has 3 nitrogen and oxygen atoms in total. The Labute approximate surface area is 97.0 Å². The van der Waals surface area contributed by atoms with E-state index in [9.17, 15) is 0 Å². The third-order valence-electron chi connectivity index (χ3n) is 2.17. The van der Waals surface area contributed by atoms with Gasteiger partial charge in [-0.15, -0.1) is 0 Å². The Hall–Kier alpha value is -1.22. The van der Waals surface area contributed by atoms with E-state index in [1.807, 2.05) is 31.2 Å². The van der Waals surface area contributed by atoms with Crippen LogP contribution in [-0.2, 0) is 0 Å². The van der Waals surface area contributed by atoms with Gasteiger partial charge in [0.05, 0.1) is 19.3 Å². The Kier molecular flexibility index (Phi) is 5.72. The summed E-state index contributed by atoms with van der Waals surface area (Å²) in [7, 11) is 0. The minimum Gasteiger partial charge on any atom is -0.494 e. The normalized spacial score (nSPS) is 12.2.